The van der Waals surface area contributed by atoms with Crippen molar-refractivity contribution in [3.8, 4) is 11.6 Å². The lowest BCUT2D eigenvalue weighted by atomic mass is 10.3. The van der Waals surface area contributed by atoms with E-state index < -0.39 is 4.92 Å². The molecule has 0 fully saturated rings. The van der Waals surface area contributed by atoms with Crippen molar-refractivity contribution < 1.29 is 9.66 Å². The molecule has 7 nitrogen and oxygen atoms in total. The predicted molar refractivity (Wildman–Crippen MR) is 75.0 cm³/mol. The molecular weight excluding hydrogens is 280 g/mol. The number of hydrogen-bond donors (Lipinski definition) is 1. The molecule has 0 aliphatic carbocycles. The lowest BCUT2D eigenvalue weighted by Crippen LogP contribution is -1.97. The fourth-order valence-corrected chi connectivity index (χ4v) is 2.46. The molecule has 0 unspecified atom stereocenters. The smallest absolute Gasteiger partial charge is 0.273 e. The summed E-state index contributed by atoms with van der Waals surface area (Å²) in [5.41, 5.74) is 5.56. The first-order valence-electron chi connectivity index (χ1n) is 5.56. The van der Waals surface area contributed by atoms with E-state index >= 15 is 0 Å². The third kappa shape index (κ3) is 2.24. The van der Waals surface area contributed by atoms with Crippen LogP contribution in [0.2, 0.25) is 0 Å². The van der Waals surface area contributed by atoms with E-state index in [4.69, 9.17) is 10.5 Å². The molecule has 2 aromatic heterocycles. The van der Waals surface area contributed by atoms with Gasteiger partial charge in [-0.3, -0.25) is 10.1 Å². The van der Waals surface area contributed by atoms with Gasteiger partial charge in [0.2, 0.25) is 11.8 Å². The second-order valence-corrected chi connectivity index (χ2v) is 4.78. The highest BCUT2D eigenvalue weighted by molar-refractivity contribution is 7.16. The van der Waals surface area contributed by atoms with Crippen LogP contribution in [-0.2, 0) is 0 Å². The van der Waals surface area contributed by atoms with E-state index in [1.165, 1.54) is 23.5 Å². The van der Waals surface area contributed by atoms with Crippen LogP contribution >= 0.6 is 11.3 Å². The van der Waals surface area contributed by atoms with E-state index in [-0.39, 0.29) is 17.5 Å². The van der Waals surface area contributed by atoms with Crippen LogP contribution in [0.4, 0.5) is 11.6 Å². The Morgan fingerprint density at radius 3 is 2.95 bits per heavy atom. The van der Waals surface area contributed by atoms with Gasteiger partial charge in [0.25, 0.3) is 5.69 Å². The maximum Gasteiger partial charge on any atom is 0.273 e. The topological polar surface area (TPSA) is 104 Å². The Labute approximate surface area is 116 Å². The number of rotatable bonds is 3. The van der Waals surface area contributed by atoms with Gasteiger partial charge in [0.1, 0.15) is 10.6 Å². The summed E-state index contributed by atoms with van der Waals surface area (Å²) in [6, 6.07) is 7.69. The van der Waals surface area contributed by atoms with Crippen LogP contribution in [-0.4, -0.2) is 14.9 Å². The number of thiophene rings is 1. The number of nitro benzene ring substituents is 1. The Balaban J connectivity index is 2.02. The largest absolute Gasteiger partial charge is 0.438 e. The van der Waals surface area contributed by atoms with Crippen molar-refractivity contribution in [3.63, 3.8) is 0 Å². The van der Waals surface area contributed by atoms with Gasteiger partial charge < -0.3 is 10.5 Å². The van der Waals surface area contributed by atoms with Gasteiger partial charge in [0.05, 0.1) is 16.4 Å². The van der Waals surface area contributed by atoms with Gasteiger partial charge in [0, 0.05) is 6.07 Å². The number of nitrogens with zero attached hydrogens (tertiary/aromatic N) is 3. The second-order valence-electron chi connectivity index (χ2n) is 3.88. The molecule has 0 radical (unpaired) electrons. The van der Waals surface area contributed by atoms with Crippen molar-refractivity contribution >= 4 is 33.2 Å². The first-order chi connectivity index (χ1) is 9.63. The average molecular weight is 288 g/mol. The van der Waals surface area contributed by atoms with Gasteiger partial charge in [-0.1, -0.05) is 6.07 Å². The molecule has 100 valence electrons. The average Bonchev–Trinajstić information content (AvgIpc) is 2.87. The molecule has 20 heavy (non-hydrogen) atoms. The number of hydrogen-bond acceptors (Lipinski definition) is 7. The van der Waals surface area contributed by atoms with Crippen LogP contribution < -0.4 is 10.5 Å². The molecular formula is C12H8N4O3S. The van der Waals surface area contributed by atoms with Gasteiger partial charge >= 0.3 is 0 Å². The minimum atomic E-state index is -0.485. The van der Waals surface area contributed by atoms with Crippen molar-refractivity contribution in [2.45, 2.75) is 0 Å². The van der Waals surface area contributed by atoms with E-state index in [1.54, 1.807) is 12.1 Å². The minimum absolute atomic E-state index is 0.0499. The molecule has 0 spiro atoms. The number of aromatic nitrogens is 2. The first kappa shape index (κ1) is 12.3. The Morgan fingerprint density at radius 2 is 2.15 bits per heavy atom. The highest BCUT2D eigenvalue weighted by atomic mass is 32.1. The number of ether oxygens (including phenoxy) is 1. The molecule has 1 aromatic carbocycles. The third-order valence-corrected chi connectivity index (χ3v) is 3.36. The molecule has 3 aromatic rings. The van der Waals surface area contributed by atoms with Crippen LogP contribution in [0.1, 0.15) is 0 Å². The second kappa shape index (κ2) is 4.74. The number of non-ortho nitro benzene ring substituents is 1. The van der Waals surface area contributed by atoms with Gasteiger partial charge in [-0.25, -0.2) is 4.98 Å². The molecule has 0 aliphatic rings. The number of nitro groups is 1. The zero-order valence-corrected chi connectivity index (χ0v) is 10.8. The maximum atomic E-state index is 10.7. The number of anilines is 1. The molecule has 2 heterocycles. The van der Waals surface area contributed by atoms with Gasteiger partial charge in [-0.05, 0) is 17.5 Å². The predicted octanol–water partition coefficient (Wildman–Crippen LogP) is 2.97. The van der Waals surface area contributed by atoms with Gasteiger partial charge in [-0.2, -0.15) is 4.98 Å². The van der Waals surface area contributed by atoms with E-state index in [2.05, 4.69) is 9.97 Å². The lowest BCUT2D eigenvalue weighted by Gasteiger charge is -2.06. The standard InChI is InChI=1S/C12H8N4O3S/c13-12-14-10(9-4-5-20-11(9)15-12)19-8-3-1-2-7(6-8)16(17)18/h1-6H,(H2,13,14,15). The monoisotopic (exact) mass is 288 g/mol. The Morgan fingerprint density at radius 1 is 1.30 bits per heavy atom. The van der Waals surface area contributed by atoms with E-state index in [0.29, 0.717) is 10.6 Å². The molecule has 0 saturated carbocycles. The summed E-state index contributed by atoms with van der Waals surface area (Å²) in [7, 11) is 0. The summed E-state index contributed by atoms with van der Waals surface area (Å²) < 4.78 is 5.59. The Kier molecular flexibility index (Phi) is 2.92. The van der Waals surface area contributed by atoms with Gasteiger partial charge in [0.15, 0.2) is 0 Å². The molecule has 0 atom stereocenters. The van der Waals surface area contributed by atoms with Gasteiger partial charge in [-0.15, -0.1) is 11.3 Å². The van der Waals surface area contributed by atoms with Crippen LogP contribution in [0.5, 0.6) is 11.6 Å². The minimum Gasteiger partial charge on any atom is -0.438 e. The number of fused-ring (bicyclic) bond motifs is 1. The summed E-state index contributed by atoms with van der Waals surface area (Å²) in [5.74, 6) is 0.708. The summed E-state index contributed by atoms with van der Waals surface area (Å²) in [5, 5.41) is 13.3. The lowest BCUT2D eigenvalue weighted by molar-refractivity contribution is -0.384. The quantitative estimate of drug-likeness (QED) is 0.586. The van der Waals surface area contributed by atoms with Crippen LogP contribution in [0.15, 0.2) is 35.7 Å². The SMILES string of the molecule is Nc1nc(Oc2cccc([N+](=O)[O-])c2)c2ccsc2n1. The molecule has 8 heteroatoms. The van der Waals surface area contributed by atoms with Crippen molar-refractivity contribution in [3.05, 3.63) is 45.8 Å². The van der Waals surface area contributed by atoms with Crippen LogP contribution in [0, 0.1) is 10.1 Å². The van der Waals surface area contributed by atoms with Crippen molar-refractivity contribution in [1.29, 1.82) is 0 Å². The van der Waals surface area contributed by atoms with Crippen molar-refractivity contribution in [1.82, 2.24) is 9.97 Å². The van der Waals surface area contributed by atoms with E-state index in [0.717, 1.165) is 5.39 Å². The number of benzene rings is 1. The zero-order valence-electron chi connectivity index (χ0n) is 10.0. The summed E-state index contributed by atoms with van der Waals surface area (Å²) in [6.45, 7) is 0. The van der Waals surface area contributed by atoms with Crippen molar-refractivity contribution in [2.75, 3.05) is 5.73 Å². The fraction of sp³-hybridized carbons (Fsp3) is 0. The number of nitrogens with two attached hydrogens (primary N) is 1. The van der Waals surface area contributed by atoms with E-state index in [9.17, 15) is 10.1 Å². The highest BCUT2D eigenvalue weighted by Gasteiger charge is 2.12. The molecule has 0 amide bonds. The summed E-state index contributed by atoms with van der Waals surface area (Å²) >= 11 is 1.41. The first-order valence-corrected chi connectivity index (χ1v) is 6.44. The molecule has 0 aliphatic heterocycles. The van der Waals surface area contributed by atoms with Crippen molar-refractivity contribution in [2.24, 2.45) is 0 Å². The fourth-order valence-electron chi connectivity index (χ4n) is 1.69. The molecule has 0 bridgehead atoms. The summed E-state index contributed by atoms with van der Waals surface area (Å²) in [6.07, 6.45) is 0. The number of nitrogen functional groups attached to an aromatic ring is 1. The third-order valence-electron chi connectivity index (χ3n) is 2.55. The van der Waals surface area contributed by atoms with Crippen LogP contribution in [0.25, 0.3) is 10.2 Å². The normalized spacial score (nSPS) is 10.6. The Bertz CT molecular complexity index is 802. The van der Waals surface area contributed by atoms with Crippen LogP contribution in [0.3, 0.4) is 0 Å². The molecule has 3 rings (SSSR count). The van der Waals surface area contributed by atoms with E-state index in [1.807, 2.05) is 11.4 Å². The molecule has 2 N–H and O–H groups in total. The Hall–Kier alpha value is -2.74. The zero-order chi connectivity index (χ0) is 14.1. The maximum absolute atomic E-state index is 10.7. The molecule has 0 saturated heterocycles. The summed E-state index contributed by atoms with van der Waals surface area (Å²) in [4.78, 5) is 19.1. The highest BCUT2D eigenvalue weighted by Crippen LogP contribution is 2.31.